The predicted octanol–water partition coefficient (Wildman–Crippen LogP) is 12.4. The number of aromatic hydroxyl groups is 2. The summed E-state index contributed by atoms with van der Waals surface area (Å²) in [5, 5.41) is 29.1. The molecule has 14 heteroatoms. The van der Waals surface area contributed by atoms with Crippen molar-refractivity contribution < 1.29 is 29.2 Å². The van der Waals surface area contributed by atoms with Gasteiger partial charge in [0.15, 0.2) is 11.5 Å². The first kappa shape index (κ1) is 42.8. The molecule has 0 spiro atoms. The van der Waals surface area contributed by atoms with Gasteiger partial charge in [-0.3, -0.25) is 15.0 Å². The third-order valence-corrected chi connectivity index (χ3v) is 9.71. The number of aromatic nitrogens is 3. The lowest BCUT2D eigenvalue weighted by molar-refractivity contribution is 0.174. The summed E-state index contributed by atoms with van der Waals surface area (Å²) in [4.78, 5) is 12.2. The van der Waals surface area contributed by atoms with Gasteiger partial charge >= 0.3 is 0 Å². The zero-order valence-corrected chi connectivity index (χ0v) is 36.4. The number of ether oxygens (including phenoxy) is 4. The van der Waals surface area contributed by atoms with Gasteiger partial charge in [0.1, 0.15) is 29.6 Å². The average Bonchev–Trinajstić information content (AvgIpc) is 3.76. The maximum absolute atomic E-state index is 10.1. The average molecular weight is 957 g/mol. The molecule has 1 aliphatic heterocycles. The molecule has 0 saturated carbocycles. The van der Waals surface area contributed by atoms with Crippen molar-refractivity contribution in [2.45, 2.75) is 6.61 Å². The van der Waals surface area contributed by atoms with Gasteiger partial charge in [0, 0.05) is 68.4 Å². The second kappa shape index (κ2) is 21.3. The maximum Gasteiger partial charge on any atom is 0.231 e. The van der Waals surface area contributed by atoms with Crippen LogP contribution in [0.2, 0.25) is 0 Å². The predicted molar refractivity (Wildman–Crippen MR) is 249 cm³/mol. The van der Waals surface area contributed by atoms with Gasteiger partial charge in [0.25, 0.3) is 0 Å². The molecule has 8 aromatic rings. The molecule has 5 aromatic carbocycles. The largest absolute Gasteiger partial charge is 0.508 e. The number of fused-ring (bicyclic) bond motifs is 1. The van der Waals surface area contributed by atoms with Crippen molar-refractivity contribution in [3.8, 4) is 45.6 Å². The first-order chi connectivity index (χ1) is 30.3. The number of benzene rings is 5. The number of para-hydroxylation sites is 1. The number of halogens is 2. The van der Waals surface area contributed by atoms with Crippen LogP contribution in [0.15, 0.2) is 180 Å². The van der Waals surface area contributed by atoms with Crippen LogP contribution in [0.4, 0.5) is 34.1 Å². The summed E-state index contributed by atoms with van der Waals surface area (Å²) in [6, 6.07) is 41.3. The van der Waals surface area contributed by atoms with Crippen LogP contribution in [0.3, 0.4) is 0 Å². The summed E-state index contributed by atoms with van der Waals surface area (Å²) in [5.41, 5.74) is 7.98. The van der Waals surface area contributed by atoms with Crippen LogP contribution in [-0.2, 0) is 6.61 Å². The van der Waals surface area contributed by atoms with Gasteiger partial charge in [0.2, 0.25) is 6.79 Å². The third-order valence-electron chi connectivity index (χ3n) is 8.79. The Balaban J connectivity index is 0.000000144. The van der Waals surface area contributed by atoms with Crippen molar-refractivity contribution in [3.05, 3.63) is 185 Å². The molecule has 62 heavy (non-hydrogen) atoms. The van der Waals surface area contributed by atoms with Crippen molar-refractivity contribution in [1.29, 1.82) is 0 Å². The Morgan fingerprint density at radius 2 is 1.13 bits per heavy atom. The van der Waals surface area contributed by atoms with Crippen molar-refractivity contribution in [1.82, 2.24) is 15.0 Å². The van der Waals surface area contributed by atoms with E-state index in [0.717, 1.165) is 71.3 Å². The minimum atomic E-state index is 0.172. The van der Waals surface area contributed by atoms with Crippen LogP contribution in [0.5, 0.6) is 34.5 Å². The van der Waals surface area contributed by atoms with Gasteiger partial charge in [-0.05, 0) is 102 Å². The van der Waals surface area contributed by atoms with Crippen LogP contribution < -0.4 is 34.9 Å². The summed E-state index contributed by atoms with van der Waals surface area (Å²) in [5.74, 6) is 3.43. The Morgan fingerprint density at radius 1 is 0.565 bits per heavy atom. The highest BCUT2D eigenvalue weighted by Gasteiger charge is 2.19. The molecule has 0 saturated heterocycles. The molecule has 3 aromatic heterocycles. The van der Waals surface area contributed by atoms with Gasteiger partial charge in [-0.25, -0.2) is 0 Å². The van der Waals surface area contributed by atoms with E-state index >= 15 is 0 Å². The lowest BCUT2D eigenvalue weighted by Crippen LogP contribution is -1.97. The van der Waals surface area contributed by atoms with Crippen molar-refractivity contribution in [2.24, 2.45) is 0 Å². The van der Waals surface area contributed by atoms with E-state index in [1.54, 1.807) is 68.6 Å². The molecule has 12 nitrogen and oxygen atoms in total. The highest BCUT2D eigenvalue weighted by Crippen LogP contribution is 2.43. The van der Waals surface area contributed by atoms with Crippen LogP contribution in [-0.4, -0.2) is 39.1 Å². The molecule has 9 rings (SSSR count). The lowest BCUT2D eigenvalue weighted by Gasteiger charge is -2.11. The van der Waals surface area contributed by atoms with Gasteiger partial charge in [-0.15, -0.1) is 0 Å². The molecule has 4 heterocycles. The normalized spacial score (nSPS) is 10.9. The molecule has 0 fully saturated rings. The Hall–Kier alpha value is -7.29. The third kappa shape index (κ3) is 12.6. The number of rotatable bonds is 11. The van der Waals surface area contributed by atoms with E-state index in [1.165, 1.54) is 0 Å². The fourth-order valence-electron chi connectivity index (χ4n) is 6.06. The molecule has 0 atom stereocenters. The van der Waals surface area contributed by atoms with Crippen LogP contribution in [0.25, 0.3) is 11.1 Å². The van der Waals surface area contributed by atoms with Gasteiger partial charge in [-0.1, -0.05) is 56.1 Å². The number of nitrogens with one attached hydrogen (secondary N) is 3. The minimum Gasteiger partial charge on any atom is -0.508 e. The van der Waals surface area contributed by atoms with E-state index in [1.807, 2.05) is 109 Å². The van der Waals surface area contributed by atoms with Gasteiger partial charge < -0.3 is 45.1 Å². The van der Waals surface area contributed by atoms with Crippen LogP contribution >= 0.6 is 31.9 Å². The Morgan fingerprint density at radius 3 is 1.69 bits per heavy atom. The molecule has 5 N–H and O–H groups in total. The smallest absolute Gasteiger partial charge is 0.231 e. The van der Waals surface area contributed by atoms with E-state index < -0.39 is 0 Å². The number of hydrogen-bond acceptors (Lipinski definition) is 12. The highest BCUT2D eigenvalue weighted by molar-refractivity contribution is 9.10. The minimum absolute atomic E-state index is 0.172. The molecule has 0 unspecified atom stereocenters. The van der Waals surface area contributed by atoms with Crippen molar-refractivity contribution in [3.63, 3.8) is 0 Å². The fraction of sp³-hybridized carbons (Fsp3) is 0.0625. The zero-order chi connectivity index (χ0) is 43.1. The Labute approximate surface area is 375 Å². The Bertz CT molecular complexity index is 2660. The quantitative estimate of drug-likeness (QED) is 0.0839. The maximum atomic E-state index is 10.1. The van der Waals surface area contributed by atoms with E-state index in [4.69, 9.17) is 18.9 Å². The second-order valence-electron chi connectivity index (χ2n) is 13.4. The summed E-state index contributed by atoms with van der Waals surface area (Å²) < 4.78 is 23.8. The van der Waals surface area contributed by atoms with Crippen molar-refractivity contribution >= 4 is 66.0 Å². The number of hydrogen-bond donors (Lipinski definition) is 5. The number of phenolic OH excluding ortho intramolecular Hbond substituents is 2. The lowest BCUT2D eigenvalue weighted by atomic mass is 10.0. The number of methoxy groups -OCH3 is 1. The zero-order valence-electron chi connectivity index (χ0n) is 33.2. The number of anilines is 6. The van der Waals surface area contributed by atoms with Crippen LogP contribution in [0.1, 0.15) is 5.56 Å². The summed E-state index contributed by atoms with van der Waals surface area (Å²) in [6.45, 7) is 0.707. The monoisotopic (exact) mass is 954 g/mol. The molecule has 0 amide bonds. The van der Waals surface area contributed by atoms with E-state index in [9.17, 15) is 10.2 Å². The molecular formula is C48H40Br2N6O6. The van der Waals surface area contributed by atoms with E-state index in [0.29, 0.717) is 18.1 Å². The molecule has 0 radical (unpaired) electrons. The SMILES string of the molecule is COc1ccc(COc2cc(Br)cc(Nc3cccnc3)c2)cc1.Oc1cc(Br)cc(Nc2cccnc2)c1.Oc1cc(Nc2cccnc2)cc(-c2cccc3c2OCO3)c1. The number of nitrogens with zero attached hydrogens (tertiary/aromatic N) is 3. The van der Waals surface area contributed by atoms with Crippen molar-refractivity contribution in [2.75, 3.05) is 29.9 Å². The van der Waals surface area contributed by atoms with E-state index in [2.05, 4.69) is 62.8 Å². The Kier molecular flexibility index (Phi) is 14.7. The first-order valence-electron chi connectivity index (χ1n) is 19.1. The second-order valence-corrected chi connectivity index (χ2v) is 15.2. The first-order valence-corrected chi connectivity index (χ1v) is 20.6. The molecular weight excluding hydrogens is 916 g/mol. The van der Waals surface area contributed by atoms with Crippen LogP contribution in [0, 0.1) is 0 Å². The van der Waals surface area contributed by atoms with Gasteiger partial charge in [0.05, 0.1) is 42.8 Å². The number of pyridine rings is 3. The van der Waals surface area contributed by atoms with E-state index in [-0.39, 0.29) is 18.3 Å². The number of phenols is 2. The summed E-state index contributed by atoms with van der Waals surface area (Å²) in [6.07, 6.45) is 10.4. The molecule has 1 aliphatic rings. The molecule has 0 bridgehead atoms. The fourth-order valence-corrected chi connectivity index (χ4v) is 7.01. The topological polar surface area (TPSA) is 152 Å². The summed E-state index contributed by atoms with van der Waals surface area (Å²) in [7, 11) is 1.66. The van der Waals surface area contributed by atoms with Gasteiger partial charge in [-0.2, -0.15) is 0 Å². The molecule has 0 aliphatic carbocycles. The highest BCUT2D eigenvalue weighted by atomic mass is 79.9. The summed E-state index contributed by atoms with van der Waals surface area (Å²) >= 11 is 6.83. The standard InChI is InChI=1S/C19H17BrN2O2.C18H14N2O3.C11H9BrN2O/c1-23-18-6-4-14(5-7-18)13-24-19-10-15(20)9-17(11-19)22-16-3-2-8-21-12-16;21-15-8-12(16-4-1-5-17-18(16)23-11-22-17)7-14(9-15)20-13-3-2-6-19-10-13;12-8-4-10(6-11(15)5-8)14-9-2-1-3-13-7-9/h2-12,22H,13H2,1H3;1-10,20-21H,11H2;1-7,14-15H. The molecule has 312 valence electrons.